The second-order valence-electron chi connectivity index (χ2n) is 3.32. The van der Waals surface area contributed by atoms with Crippen molar-refractivity contribution in [3.05, 3.63) is 42.0 Å². The zero-order chi connectivity index (χ0) is 10.7. The lowest BCUT2D eigenvalue weighted by atomic mass is 10.3. The molecule has 15 heavy (non-hydrogen) atoms. The maximum atomic E-state index is 5.89. The highest BCUT2D eigenvalue weighted by atomic mass is 35.5. The number of nitrogens with zero attached hydrogens (tertiary/aromatic N) is 4. The Morgan fingerprint density at radius 3 is 3.00 bits per heavy atom. The van der Waals surface area contributed by atoms with Crippen LogP contribution in [0.2, 0.25) is 0 Å². The molecule has 78 valence electrons. The summed E-state index contributed by atoms with van der Waals surface area (Å²) in [5.41, 5.74) is 1.89. The largest absolute Gasteiger partial charge is 0.264 e. The van der Waals surface area contributed by atoms with Gasteiger partial charge >= 0.3 is 0 Å². The Morgan fingerprint density at radius 1 is 1.53 bits per heavy atom. The summed E-state index contributed by atoms with van der Waals surface area (Å²) in [7, 11) is 0. The van der Waals surface area contributed by atoms with Crippen LogP contribution in [-0.2, 0) is 6.54 Å². The van der Waals surface area contributed by atoms with Crippen LogP contribution in [0.15, 0.2) is 30.7 Å². The first kappa shape index (κ1) is 10.1. The fourth-order valence-corrected chi connectivity index (χ4v) is 1.35. The minimum absolute atomic E-state index is 0.104. The standard InChI is InChI=1S/C10H11ClN4/c1-8(11)10-7-15(14-13-10)6-9-3-2-4-12-5-9/h2-5,7-8H,6H2,1H3. The lowest BCUT2D eigenvalue weighted by Gasteiger charge is -1.98. The van der Waals surface area contributed by atoms with E-state index in [1.165, 1.54) is 0 Å². The van der Waals surface area contributed by atoms with E-state index in [0.29, 0.717) is 6.54 Å². The molecule has 0 bridgehead atoms. The molecule has 0 aliphatic carbocycles. The molecule has 0 fully saturated rings. The van der Waals surface area contributed by atoms with Gasteiger partial charge in [-0.3, -0.25) is 4.98 Å². The van der Waals surface area contributed by atoms with Gasteiger partial charge in [-0.1, -0.05) is 11.3 Å². The summed E-state index contributed by atoms with van der Waals surface area (Å²) in [6, 6.07) is 3.90. The van der Waals surface area contributed by atoms with Crippen LogP contribution in [-0.4, -0.2) is 20.0 Å². The molecule has 0 N–H and O–H groups in total. The average Bonchev–Trinajstić information content (AvgIpc) is 2.68. The van der Waals surface area contributed by atoms with Gasteiger partial charge in [0.05, 0.1) is 18.1 Å². The molecule has 1 unspecified atom stereocenters. The molecular weight excluding hydrogens is 212 g/mol. The van der Waals surface area contributed by atoms with E-state index >= 15 is 0 Å². The first-order valence-electron chi connectivity index (χ1n) is 4.68. The van der Waals surface area contributed by atoms with E-state index < -0.39 is 0 Å². The Kier molecular flexibility index (Phi) is 2.97. The van der Waals surface area contributed by atoms with Crippen molar-refractivity contribution < 1.29 is 0 Å². The molecule has 0 saturated heterocycles. The molecule has 4 nitrogen and oxygen atoms in total. The molecule has 0 radical (unpaired) electrons. The molecule has 0 amide bonds. The van der Waals surface area contributed by atoms with Gasteiger partial charge in [-0.15, -0.1) is 16.7 Å². The second kappa shape index (κ2) is 4.40. The Bertz CT molecular complexity index is 424. The fourth-order valence-electron chi connectivity index (χ4n) is 1.25. The van der Waals surface area contributed by atoms with E-state index in [1.807, 2.05) is 31.5 Å². The minimum Gasteiger partial charge on any atom is -0.264 e. The van der Waals surface area contributed by atoms with Crippen LogP contribution >= 0.6 is 11.6 Å². The zero-order valence-corrected chi connectivity index (χ0v) is 9.09. The highest BCUT2D eigenvalue weighted by Crippen LogP contribution is 2.15. The SMILES string of the molecule is CC(Cl)c1cn(Cc2cccnc2)nn1. The predicted octanol–water partition coefficient (Wildman–Crippen LogP) is 2.02. The molecule has 0 aliphatic rings. The molecule has 2 rings (SSSR count). The van der Waals surface area contributed by atoms with Gasteiger partial charge in [-0.2, -0.15) is 0 Å². The average molecular weight is 223 g/mol. The Hall–Kier alpha value is -1.42. The van der Waals surface area contributed by atoms with E-state index in [9.17, 15) is 0 Å². The number of pyridine rings is 1. The minimum atomic E-state index is -0.104. The lowest BCUT2D eigenvalue weighted by molar-refractivity contribution is 0.647. The first-order valence-corrected chi connectivity index (χ1v) is 5.12. The van der Waals surface area contributed by atoms with Gasteiger partial charge in [0, 0.05) is 12.4 Å². The molecule has 2 heterocycles. The maximum absolute atomic E-state index is 5.89. The first-order chi connectivity index (χ1) is 7.25. The molecule has 0 spiro atoms. The van der Waals surface area contributed by atoms with Crippen LogP contribution in [0.3, 0.4) is 0 Å². The Balaban J connectivity index is 2.12. The molecule has 5 heteroatoms. The third-order valence-corrected chi connectivity index (χ3v) is 2.25. The van der Waals surface area contributed by atoms with Crippen LogP contribution in [0, 0.1) is 0 Å². The number of aromatic nitrogens is 4. The summed E-state index contributed by atoms with van der Waals surface area (Å²) >= 11 is 5.89. The summed E-state index contributed by atoms with van der Waals surface area (Å²) in [5.74, 6) is 0. The van der Waals surface area contributed by atoms with Crippen molar-refractivity contribution in [3.8, 4) is 0 Å². The lowest BCUT2D eigenvalue weighted by Crippen LogP contribution is -2.00. The molecule has 0 aliphatic heterocycles. The molecule has 2 aromatic heterocycles. The van der Waals surface area contributed by atoms with Crippen LogP contribution in [0.5, 0.6) is 0 Å². The van der Waals surface area contributed by atoms with Crippen molar-refractivity contribution in [2.24, 2.45) is 0 Å². The highest BCUT2D eigenvalue weighted by molar-refractivity contribution is 6.20. The zero-order valence-electron chi connectivity index (χ0n) is 8.34. The highest BCUT2D eigenvalue weighted by Gasteiger charge is 2.06. The fraction of sp³-hybridized carbons (Fsp3) is 0.300. The Morgan fingerprint density at radius 2 is 2.40 bits per heavy atom. The molecule has 1 atom stereocenters. The molecular formula is C10H11ClN4. The van der Waals surface area contributed by atoms with Crippen LogP contribution < -0.4 is 0 Å². The third-order valence-electron chi connectivity index (χ3n) is 2.03. The van der Waals surface area contributed by atoms with Crippen LogP contribution in [0.4, 0.5) is 0 Å². The molecule has 0 aromatic carbocycles. The predicted molar refractivity (Wildman–Crippen MR) is 57.6 cm³/mol. The number of hydrogen-bond acceptors (Lipinski definition) is 3. The van der Waals surface area contributed by atoms with E-state index in [4.69, 9.17) is 11.6 Å². The van der Waals surface area contributed by atoms with Crippen LogP contribution in [0.25, 0.3) is 0 Å². The summed E-state index contributed by atoms with van der Waals surface area (Å²) in [6.07, 6.45) is 5.41. The Labute approximate surface area is 92.9 Å². The van der Waals surface area contributed by atoms with Crippen molar-refractivity contribution in [1.29, 1.82) is 0 Å². The van der Waals surface area contributed by atoms with Gasteiger partial charge in [0.1, 0.15) is 5.69 Å². The van der Waals surface area contributed by atoms with Crippen molar-refractivity contribution >= 4 is 11.6 Å². The van der Waals surface area contributed by atoms with Crippen LogP contribution in [0.1, 0.15) is 23.6 Å². The van der Waals surface area contributed by atoms with Gasteiger partial charge in [-0.25, -0.2) is 4.68 Å². The molecule has 2 aromatic rings. The van der Waals surface area contributed by atoms with E-state index in [0.717, 1.165) is 11.3 Å². The van der Waals surface area contributed by atoms with E-state index in [1.54, 1.807) is 10.9 Å². The second-order valence-corrected chi connectivity index (χ2v) is 3.97. The number of rotatable bonds is 3. The summed E-state index contributed by atoms with van der Waals surface area (Å²) in [4.78, 5) is 4.04. The number of halogens is 1. The third kappa shape index (κ3) is 2.53. The maximum Gasteiger partial charge on any atom is 0.100 e. The van der Waals surface area contributed by atoms with Crippen molar-refractivity contribution in [3.63, 3.8) is 0 Å². The van der Waals surface area contributed by atoms with E-state index in [-0.39, 0.29) is 5.38 Å². The van der Waals surface area contributed by atoms with Gasteiger partial charge < -0.3 is 0 Å². The quantitative estimate of drug-likeness (QED) is 0.747. The smallest absolute Gasteiger partial charge is 0.100 e. The van der Waals surface area contributed by atoms with E-state index in [2.05, 4.69) is 15.3 Å². The number of alkyl halides is 1. The van der Waals surface area contributed by atoms with Crippen molar-refractivity contribution in [2.45, 2.75) is 18.8 Å². The number of hydrogen-bond donors (Lipinski definition) is 0. The van der Waals surface area contributed by atoms with Gasteiger partial charge in [0.25, 0.3) is 0 Å². The summed E-state index contributed by atoms with van der Waals surface area (Å²) in [6.45, 7) is 2.55. The normalized spacial score (nSPS) is 12.7. The topological polar surface area (TPSA) is 43.6 Å². The molecule has 0 saturated carbocycles. The summed E-state index contributed by atoms with van der Waals surface area (Å²) in [5, 5.41) is 7.86. The van der Waals surface area contributed by atoms with Crippen molar-refractivity contribution in [2.75, 3.05) is 0 Å². The monoisotopic (exact) mass is 222 g/mol. The van der Waals surface area contributed by atoms with Gasteiger partial charge in [0.2, 0.25) is 0 Å². The van der Waals surface area contributed by atoms with Crippen molar-refractivity contribution in [1.82, 2.24) is 20.0 Å². The van der Waals surface area contributed by atoms with Gasteiger partial charge in [-0.05, 0) is 18.6 Å². The van der Waals surface area contributed by atoms with Gasteiger partial charge in [0.15, 0.2) is 0 Å². The summed E-state index contributed by atoms with van der Waals surface area (Å²) < 4.78 is 1.76.